The fourth-order valence-electron chi connectivity index (χ4n) is 2.74. The standard InChI is InChI=1S/C17H24N2O2/c1-12-6-5-7-13(8-12)9-15(20)18-14-10-16(21)19(11-14)17(2,3)4/h5-8,14H,9-11H2,1-4H3,(H,18,20). The lowest BCUT2D eigenvalue weighted by molar-refractivity contribution is -0.131. The average molecular weight is 288 g/mol. The number of aryl methyl sites for hydroxylation is 1. The predicted molar refractivity (Wildman–Crippen MR) is 82.9 cm³/mol. The molecule has 4 nitrogen and oxygen atoms in total. The third-order valence-electron chi connectivity index (χ3n) is 3.75. The fraction of sp³-hybridized carbons (Fsp3) is 0.529. The maximum atomic E-state index is 12.1. The van der Waals surface area contributed by atoms with Crippen molar-refractivity contribution in [1.82, 2.24) is 10.2 Å². The van der Waals surface area contributed by atoms with Crippen molar-refractivity contribution in [3.05, 3.63) is 35.4 Å². The lowest BCUT2D eigenvalue weighted by Crippen LogP contribution is -2.44. The van der Waals surface area contributed by atoms with Crippen molar-refractivity contribution in [1.29, 1.82) is 0 Å². The summed E-state index contributed by atoms with van der Waals surface area (Å²) >= 11 is 0. The average Bonchev–Trinajstić information content (AvgIpc) is 2.69. The molecule has 4 heteroatoms. The van der Waals surface area contributed by atoms with Gasteiger partial charge in [0.1, 0.15) is 0 Å². The molecule has 1 unspecified atom stereocenters. The van der Waals surface area contributed by atoms with Crippen LogP contribution in [0.15, 0.2) is 24.3 Å². The van der Waals surface area contributed by atoms with Crippen LogP contribution in [0.25, 0.3) is 0 Å². The molecule has 1 N–H and O–H groups in total. The Labute approximate surface area is 126 Å². The van der Waals surface area contributed by atoms with E-state index in [1.54, 1.807) is 0 Å². The number of likely N-dealkylation sites (tertiary alicyclic amines) is 1. The molecule has 0 aromatic heterocycles. The highest BCUT2D eigenvalue weighted by atomic mass is 16.2. The number of nitrogens with one attached hydrogen (secondary N) is 1. The quantitative estimate of drug-likeness (QED) is 0.925. The van der Waals surface area contributed by atoms with E-state index < -0.39 is 0 Å². The smallest absolute Gasteiger partial charge is 0.225 e. The van der Waals surface area contributed by atoms with Gasteiger partial charge in [-0.05, 0) is 33.3 Å². The van der Waals surface area contributed by atoms with E-state index in [1.165, 1.54) is 0 Å². The zero-order chi connectivity index (χ0) is 15.6. The summed E-state index contributed by atoms with van der Waals surface area (Å²) in [5.41, 5.74) is 1.97. The Balaban J connectivity index is 1.91. The van der Waals surface area contributed by atoms with Crippen LogP contribution >= 0.6 is 0 Å². The molecule has 0 saturated carbocycles. The molecule has 2 rings (SSSR count). The zero-order valence-electron chi connectivity index (χ0n) is 13.3. The molecule has 1 aromatic carbocycles. The second-order valence-electron chi connectivity index (χ2n) is 6.81. The van der Waals surface area contributed by atoms with E-state index >= 15 is 0 Å². The van der Waals surface area contributed by atoms with Gasteiger partial charge in [0.2, 0.25) is 11.8 Å². The van der Waals surface area contributed by atoms with Crippen molar-refractivity contribution in [2.45, 2.75) is 52.1 Å². The lowest BCUT2D eigenvalue weighted by Gasteiger charge is -2.32. The van der Waals surface area contributed by atoms with Crippen LogP contribution in [0.1, 0.15) is 38.3 Å². The molecule has 114 valence electrons. The van der Waals surface area contributed by atoms with Crippen molar-refractivity contribution in [3.8, 4) is 0 Å². The van der Waals surface area contributed by atoms with Crippen LogP contribution in [0.4, 0.5) is 0 Å². The van der Waals surface area contributed by atoms with E-state index in [4.69, 9.17) is 0 Å². The first-order valence-electron chi connectivity index (χ1n) is 7.41. The highest BCUT2D eigenvalue weighted by Gasteiger charge is 2.36. The van der Waals surface area contributed by atoms with Crippen LogP contribution < -0.4 is 5.32 Å². The highest BCUT2D eigenvalue weighted by Crippen LogP contribution is 2.21. The highest BCUT2D eigenvalue weighted by molar-refractivity contribution is 5.83. The lowest BCUT2D eigenvalue weighted by atomic mass is 10.1. The van der Waals surface area contributed by atoms with Gasteiger partial charge < -0.3 is 10.2 Å². The summed E-state index contributed by atoms with van der Waals surface area (Å²) in [5.74, 6) is 0.0949. The molecule has 1 saturated heterocycles. The van der Waals surface area contributed by atoms with Crippen LogP contribution in [0.3, 0.4) is 0 Å². The number of carbonyl (C=O) groups is 2. The minimum Gasteiger partial charge on any atom is -0.351 e. The predicted octanol–water partition coefficient (Wildman–Crippen LogP) is 2.05. The SMILES string of the molecule is Cc1cccc(CC(=O)NC2CC(=O)N(C(C)(C)C)C2)c1. The molecule has 0 aliphatic carbocycles. The monoisotopic (exact) mass is 288 g/mol. The summed E-state index contributed by atoms with van der Waals surface area (Å²) in [6, 6.07) is 7.86. The first-order valence-corrected chi connectivity index (χ1v) is 7.41. The summed E-state index contributed by atoms with van der Waals surface area (Å²) in [6.45, 7) is 8.66. The Morgan fingerprint density at radius 2 is 2.10 bits per heavy atom. The summed E-state index contributed by atoms with van der Waals surface area (Å²) < 4.78 is 0. The molecule has 1 heterocycles. The van der Waals surface area contributed by atoms with Gasteiger partial charge in [0.25, 0.3) is 0 Å². The minimum atomic E-state index is -0.187. The number of carbonyl (C=O) groups excluding carboxylic acids is 2. The molecule has 0 radical (unpaired) electrons. The summed E-state index contributed by atoms with van der Waals surface area (Å²) in [5, 5.41) is 2.98. The van der Waals surface area contributed by atoms with E-state index in [-0.39, 0.29) is 23.4 Å². The van der Waals surface area contributed by atoms with Gasteiger partial charge >= 0.3 is 0 Å². The summed E-state index contributed by atoms with van der Waals surface area (Å²) in [7, 11) is 0. The van der Waals surface area contributed by atoms with Gasteiger partial charge in [-0.3, -0.25) is 9.59 Å². The van der Waals surface area contributed by atoms with Crippen molar-refractivity contribution >= 4 is 11.8 Å². The van der Waals surface area contributed by atoms with Gasteiger partial charge in [0.05, 0.1) is 12.5 Å². The molecule has 0 bridgehead atoms. The van der Waals surface area contributed by atoms with E-state index in [1.807, 2.05) is 56.9 Å². The molecule has 2 amide bonds. The molecule has 1 aliphatic heterocycles. The number of nitrogens with zero attached hydrogens (tertiary/aromatic N) is 1. The molecule has 1 aromatic rings. The topological polar surface area (TPSA) is 49.4 Å². The first kappa shape index (κ1) is 15.5. The van der Waals surface area contributed by atoms with Crippen molar-refractivity contribution in [2.24, 2.45) is 0 Å². The zero-order valence-corrected chi connectivity index (χ0v) is 13.3. The Kier molecular flexibility index (Phi) is 4.35. The second-order valence-corrected chi connectivity index (χ2v) is 6.81. The molecule has 21 heavy (non-hydrogen) atoms. The summed E-state index contributed by atoms with van der Waals surface area (Å²) in [6.07, 6.45) is 0.763. The van der Waals surface area contributed by atoms with Crippen LogP contribution in [0, 0.1) is 6.92 Å². The Morgan fingerprint density at radius 3 is 2.67 bits per heavy atom. The number of amides is 2. The molecule has 0 spiro atoms. The van der Waals surface area contributed by atoms with E-state index in [9.17, 15) is 9.59 Å². The Hall–Kier alpha value is -1.84. The maximum absolute atomic E-state index is 12.1. The van der Waals surface area contributed by atoms with Crippen LogP contribution in [-0.2, 0) is 16.0 Å². The number of rotatable bonds is 3. The molecule has 1 atom stereocenters. The normalized spacial score (nSPS) is 19.0. The third-order valence-corrected chi connectivity index (χ3v) is 3.75. The maximum Gasteiger partial charge on any atom is 0.225 e. The van der Waals surface area contributed by atoms with Gasteiger partial charge in [0, 0.05) is 18.5 Å². The number of hydrogen-bond acceptors (Lipinski definition) is 2. The van der Waals surface area contributed by atoms with Gasteiger partial charge in [-0.1, -0.05) is 29.8 Å². The van der Waals surface area contributed by atoms with Gasteiger partial charge in [-0.15, -0.1) is 0 Å². The molecule has 1 aliphatic rings. The van der Waals surface area contributed by atoms with Crippen molar-refractivity contribution in [2.75, 3.05) is 6.54 Å². The minimum absolute atomic E-state index is 0.0193. The Morgan fingerprint density at radius 1 is 1.38 bits per heavy atom. The molecular formula is C17H24N2O2. The first-order chi connectivity index (χ1) is 9.75. The van der Waals surface area contributed by atoms with Crippen LogP contribution in [0.2, 0.25) is 0 Å². The molecule has 1 fully saturated rings. The van der Waals surface area contributed by atoms with Crippen molar-refractivity contribution < 1.29 is 9.59 Å². The third kappa shape index (κ3) is 4.06. The van der Waals surface area contributed by atoms with E-state index in [0.29, 0.717) is 19.4 Å². The fourth-order valence-corrected chi connectivity index (χ4v) is 2.74. The van der Waals surface area contributed by atoms with Gasteiger partial charge in [-0.2, -0.15) is 0 Å². The van der Waals surface area contributed by atoms with Gasteiger partial charge in [-0.25, -0.2) is 0 Å². The largest absolute Gasteiger partial charge is 0.351 e. The number of benzene rings is 1. The number of hydrogen-bond donors (Lipinski definition) is 1. The van der Waals surface area contributed by atoms with E-state index in [0.717, 1.165) is 11.1 Å². The van der Waals surface area contributed by atoms with Crippen molar-refractivity contribution in [3.63, 3.8) is 0 Å². The van der Waals surface area contributed by atoms with Crippen LogP contribution in [-0.4, -0.2) is 34.8 Å². The second kappa shape index (κ2) is 5.88. The summed E-state index contributed by atoms with van der Waals surface area (Å²) in [4.78, 5) is 25.9. The van der Waals surface area contributed by atoms with E-state index in [2.05, 4.69) is 5.32 Å². The van der Waals surface area contributed by atoms with Crippen LogP contribution in [0.5, 0.6) is 0 Å². The molecular weight excluding hydrogens is 264 g/mol. The Bertz CT molecular complexity index is 546. The van der Waals surface area contributed by atoms with Gasteiger partial charge in [0.15, 0.2) is 0 Å².